The van der Waals surface area contributed by atoms with Gasteiger partial charge in [0.2, 0.25) is 5.91 Å². The van der Waals surface area contributed by atoms with Gasteiger partial charge in [0, 0.05) is 6.07 Å². The minimum atomic E-state index is -0.358. The maximum Gasteiger partial charge on any atom is 0.238 e. The van der Waals surface area contributed by atoms with Crippen LogP contribution in [0.4, 0.5) is 5.82 Å². The van der Waals surface area contributed by atoms with Gasteiger partial charge in [0.1, 0.15) is 12.1 Å². The summed E-state index contributed by atoms with van der Waals surface area (Å²) in [6.45, 7) is 5.67. The molecule has 8 heteroatoms. The van der Waals surface area contributed by atoms with Crippen LogP contribution >= 0.6 is 11.8 Å². The molecule has 2 aromatic heterocycles. The van der Waals surface area contributed by atoms with Crippen LogP contribution in [0.2, 0.25) is 0 Å². The molecule has 0 unspecified atom stereocenters. The van der Waals surface area contributed by atoms with Crippen LogP contribution in [0.15, 0.2) is 52.4 Å². The molecular formula is C17H19N5O2S. The van der Waals surface area contributed by atoms with E-state index in [2.05, 4.69) is 39.7 Å². The number of anilines is 1. The molecule has 25 heavy (non-hydrogen) atoms. The molecule has 1 amide bonds. The van der Waals surface area contributed by atoms with Gasteiger partial charge in [-0.3, -0.25) is 4.79 Å². The summed E-state index contributed by atoms with van der Waals surface area (Å²) >= 11 is 1.35. The molecule has 0 aliphatic heterocycles. The van der Waals surface area contributed by atoms with Gasteiger partial charge >= 0.3 is 0 Å². The van der Waals surface area contributed by atoms with Gasteiger partial charge in [-0.2, -0.15) is 0 Å². The summed E-state index contributed by atoms with van der Waals surface area (Å²) in [6.07, 6.45) is 1.69. The molecule has 1 N–H and O–H groups in total. The number of carbonyl (C=O) groups is 1. The SMILES string of the molecule is Cc1cc(NC(=O)[C@H](C)Sc2nncn2[C@H](C)c2ccccc2)no1. The Kier molecular flexibility index (Phi) is 5.18. The zero-order chi connectivity index (χ0) is 17.8. The number of thioether (sulfide) groups is 1. The van der Waals surface area contributed by atoms with E-state index in [1.807, 2.05) is 29.7 Å². The average molecular weight is 357 g/mol. The first kappa shape index (κ1) is 17.2. The lowest BCUT2D eigenvalue weighted by Gasteiger charge is -2.17. The van der Waals surface area contributed by atoms with E-state index in [1.165, 1.54) is 11.8 Å². The van der Waals surface area contributed by atoms with Crippen molar-refractivity contribution in [2.45, 2.75) is 37.2 Å². The van der Waals surface area contributed by atoms with E-state index in [-0.39, 0.29) is 17.2 Å². The van der Waals surface area contributed by atoms with Gasteiger partial charge < -0.3 is 14.4 Å². The third-order valence-corrected chi connectivity index (χ3v) is 4.84. The molecule has 0 fully saturated rings. The predicted octanol–water partition coefficient (Wildman–Crippen LogP) is 3.30. The van der Waals surface area contributed by atoms with Crippen LogP contribution in [-0.2, 0) is 4.79 Å². The van der Waals surface area contributed by atoms with Crippen molar-refractivity contribution in [1.29, 1.82) is 0 Å². The average Bonchev–Trinajstić information content (AvgIpc) is 3.24. The molecule has 2 heterocycles. The maximum absolute atomic E-state index is 12.3. The first-order chi connectivity index (χ1) is 12.0. The van der Waals surface area contributed by atoms with Crippen molar-refractivity contribution >= 4 is 23.5 Å². The Balaban J connectivity index is 1.69. The summed E-state index contributed by atoms with van der Waals surface area (Å²) in [6, 6.07) is 11.8. The lowest BCUT2D eigenvalue weighted by Crippen LogP contribution is -2.23. The van der Waals surface area contributed by atoms with Crippen molar-refractivity contribution in [3.63, 3.8) is 0 Å². The molecule has 0 radical (unpaired) electrons. The standard InChI is InChI=1S/C17H19N5O2S/c1-11-9-15(21-24-11)19-16(23)13(3)25-17-20-18-10-22(17)12(2)14-7-5-4-6-8-14/h4-10,12-13H,1-3H3,(H,19,21,23)/t12-,13+/m1/s1. The van der Waals surface area contributed by atoms with Gasteiger partial charge in [0.25, 0.3) is 0 Å². The van der Waals surface area contributed by atoms with Gasteiger partial charge in [0.15, 0.2) is 11.0 Å². The topological polar surface area (TPSA) is 85.8 Å². The third kappa shape index (κ3) is 4.08. The molecule has 0 saturated carbocycles. The molecule has 1 aromatic carbocycles. The van der Waals surface area contributed by atoms with E-state index in [1.54, 1.807) is 19.3 Å². The maximum atomic E-state index is 12.3. The fourth-order valence-corrected chi connectivity index (χ4v) is 3.24. The number of hydrogen-bond acceptors (Lipinski definition) is 6. The van der Waals surface area contributed by atoms with E-state index in [9.17, 15) is 4.79 Å². The molecule has 0 saturated heterocycles. The Morgan fingerprint density at radius 3 is 2.72 bits per heavy atom. The highest BCUT2D eigenvalue weighted by Crippen LogP contribution is 2.27. The Morgan fingerprint density at radius 2 is 2.04 bits per heavy atom. The van der Waals surface area contributed by atoms with Crippen molar-refractivity contribution in [3.05, 3.63) is 54.0 Å². The third-order valence-electron chi connectivity index (χ3n) is 3.77. The molecule has 3 aromatic rings. The van der Waals surface area contributed by atoms with Crippen LogP contribution < -0.4 is 5.32 Å². The summed E-state index contributed by atoms with van der Waals surface area (Å²) in [4.78, 5) is 12.3. The van der Waals surface area contributed by atoms with Crippen LogP contribution in [-0.4, -0.2) is 31.1 Å². The molecule has 2 atom stereocenters. The van der Waals surface area contributed by atoms with Gasteiger partial charge in [-0.05, 0) is 26.3 Å². The van der Waals surface area contributed by atoms with E-state index < -0.39 is 0 Å². The van der Waals surface area contributed by atoms with E-state index >= 15 is 0 Å². The zero-order valence-corrected chi connectivity index (χ0v) is 15.0. The van der Waals surface area contributed by atoms with Crippen LogP contribution in [0.3, 0.4) is 0 Å². The highest BCUT2D eigenvalue weighted by atomic mass is 32.2. The number of nitrogens with zero attached hydrogens (tertiary/aromatic N) is 4. The van der Waals surface area contributed by atoms with Crippen molar-refractivity contribution in [2.24, 2.45) is 0 Å². The normalized spacial score (nSPS) is 13.4. The second-order valence-electron chi connectivity index (χ2n) is 5.68. The van der Waals surface area contributed by atoms with Gasteiger partial charge in [0.05, 0.1) is 11.3 Å². The van der Waals surface area contributed by atoms with E-state index in [4.69, 9.17) is 4.52 Å². The number of amides is 1. The molecule has 3 rings (SSSR count). The second-order valence-corrected chi connectivity index (χ2v) is 6.99. The Labute approximate surface area is 149 Å². The number of benzene rings is 1. The fourth-order valence-electron chi connectivity index (χ4n) is 2.34. The van der Waals surface area contributed by atoms with Gasteiger partial charge in [-0.25, -0.2) is 0 Å². The summed E-state index contributed by atoms with van der Waals surface area (Å²) in [5, 5.41) is 15.0. The monoisotopic (exact) mass is 357 g/mol. The molecule has 0 spiro atoms. The zero-order valence-electron chi connectivity index (χ0n) is 14.2. The first-order valence-corrected chi connectivity index (χ1v) is 8.78. The van der Waals surface area contributed by atoms with Gasteiger partial charge in [-0.15, -0.1) is 10.2 Å². The van der Waals surface area contributed by atoms with Crippen LogP contribution in [0, 0.1) is 6.92 Å². The number of aromatic nitrogens is 4. The summed E-state index contributed by atoms with van der Waals surface area (Å²) < 4.78 is 6.91. The Hall–Kier alpha value is -2.61. The highest BCUT2D eigenvalue weighted by Gasteiger charge is 2.21. The Morgan fingerprint density at radius 1 is 1.28 bits per heavy atom. The van der Waals surface area contributed by atoms with E-state index in [0.717, 1.165) is 5.56 Å². The lowest BCUT2D eigenvalue weighted by molar-refractivity contribution is -0.115. The molecule has 7 nitrogen and oxygen atoms in total. The fraction of sp³-hybridized carbons (Fsp3) is 0.294. The smallest absolute Gasteiger partial charge is 0.238 e. The van der Waals surface area contributed by atoms with E-state index in [0.29, 0.717) is 16.7 Å². The molecule has 0 bridgehead atoms. The van der Waals surface area contributed by atoms with Crippen molar-refractivity contribution in [2.75, 3.05) is 5.32 Å². The summed E-state index contributed by atoms with van der Waals surface area (Å²) in [7, 11) is 0. The molecular weight excluding hydrogens is 338 g/mol. The van der Waals surface area contributed by atoms with Crippen molar-refractivity contribution in [1.82, 2.24) is 19.9 Å². The first-order valence-electron chi connectivity index (χ1n) is 7.90. The molecule has 130 valence electrons. The highest BCUT2D eigenvalue weighted by molar-refractivity contribution is 8.00. The summed E-state index contributed by atoms with van der Waals surface area (Å²) in [5.74, 6) is 0.890. The minimum Gasteiger partial charge on any atom is -0.360 e. The number of hydrogen-bond donors (Lipinski definition) is 1. The number of aryl methyl sites for hydroxylation is 1. The molecule has 0 aliphatic carbocycles. The molecule has 0 aliphatic rings. The lowest BCUT2D eigenvalue weighted by atomic mass is 10.1. The van der Waals surface area contributed by atoms with Crippen LogP contribution in [0.1, 0.15) is 31.2 Å². The second kappa shape index (κ2) is 7.52. The van der Waals surface area contributed by atoms with Crippen molar-refractivity contribution in [3.8, 4) is 0 Å². The van der Waals surface area contributed by atoms with Crippen LogP contribution in [0.25, 0.3) is 0 Å². The largest absolute Gasteiger partial charge is 0.360 e. The quantitative estimate of drug-likeness (QED) is 0.681. The van der Waals surface area contributed by atoms with Gasteiger partial charge in [-0.1, -0.05) is 47.3 Å². The minimum absolute atomic E-state index is 0.0761. The van der Waals surface area contributed by atoms with Crippen LogP contribution in [0.5, 0.6) is 0 Å². The van der Waals surface area contributed by atoms with Crippen molar-refractivity contribution < 1.29 is 9.32 Å². The Bertz CT molecular complexity index is 846. The predicted molar refractivity (Wildman–Crippen MR) is 95.5 cm³/mol. The number of rotatable bonds is 6. The number of nitrogens with one attached hydrogen (secondary N) is 1. The number of carbonyl (C=O) groups excluding carboxylic acids is 1. The summed E-state index contributed by atoms with van der Waals surface area (Å²) in [5.41, 5.74) is 1.15.